The molecule has 0 bridgehead atoms. The number of amides is 1. The van der Waals surface area contributed by atoms with Crippen LogP contribution in [0.2, 0.25) is 0 Å². The molecule has 2 aromatic carbocycles. The Kier molecular flexibility index (Phi) is 5.79. The molecule has 0 atom stereocenters. The summed E-state index contributed by atoms with van der Waals surface area (Å²) >= 11 is 3.25. The lowest BCUT2D eigenvalue weighted by Gasteiger charge is -2.17. The summed E-state index contributed by atoms with van der Waals surface area (Å²) in [4.78, 5) is 12.3. The predicted octanol–water partition coefficient (Wildman–Crippen LogP) is 3.33. The first-order valence-electron chi connectivity index (χ1n) is 7.29. The van der Waals surface area contributed by atoms with Gasteiger partial charge >= 0.3 is 0 Å². The lowest BCUT2D eigenvalue weighted by atomic mass is 10.1. The molecule has 1 N–H and O–H groups in total. The molecule has 0 aliphatic rings. The van der Waals surface area contributed by atoms with Crippen LogP contribution in [0.25, 0.3) is 0 Å². The number of anilines is 1. The van der Waals surface area contributed by atoms with E-state index < -0.39 is 10.0 Å². The molecule has 0 saturated carbocycles. The van der Waals surface area contributed by atoms with Gasteiger partial charge in [0.2, 0.25) is 15.9 Å². The molecule has 128 valence electrons. The predicted molar refractivity (Wildman–Crippen MR) is 98.5 cm³/mol. The van der Waals surface area contributed by atoms with Crippen molar-refractivity contribution < 1.29 is 13.2 Å². The third kappa shape index (κ3) is 4.43. The molecule has 1 amide bonds. The average molecular weight is 411 g/mol. The highest BCUT2D eigenvalue weighted by Gasteiger charge is 2.23. The molecule has 0 heterocycles. The number of likely N-dealkylation sites (N-methyl/N-ethyl adjacent to an activating group) is 1. The summed E-state index contributed by atoms with van der Waals surface area (Å²) < 4.78 is 26.7. The molecule has 0 spiro atoms. The molecule has 0 aliphatic carbocycles. The lowest BCUT2D eigenvalue weighted by molar-refractivity contribution is -0.116. The number of sulfonamides is 1. The van der Waals surface area contributed by atoms with E-state index in [9.17, 15) is 13.2 Å². The van der Waals surface area contributed by atoms with Gasteiger partial charge in [0.15, 0.2) is 0 Å². The number of hydrogen-bond acceptors (Lipinski definition) is 3. The number of nitrogens with zero attached hydrogens (tertiary/aromatic N) is 1. The second kappa shape index (κ2) is 7.46. The average Bonchev–Trinajstić information content (AvgIpc) is 2.50. The maximum Gasteiger partial charge on any atom is 0.243 e. The standard InChI is InChI=1S/C17H19BrN2O3S/c1-12-7-8-13(2)16(9-12)19-17(21)11-20(3)24(22,23)15-6-4-5-14(18)10-15/h4-10H,11H2,1-3H3,(H,19,21). The summed E-state index contributed by atoms with van der Waals surface area (Å²) in [5, 5.41) is 2.76. The Labute approximate surface area is 150 Å². The minimum atomic E-state index is -3.72. The van der Waals surface area contributed by atoms with E-state index in [-0.39, 0.29) is 17.3 Å². The Morgan fingerprint density at radius 2 is 1.88 bits per heavy atom. The summed E-state index contributed by atoms with van der Waals surface area (Å²) in [5.74, 6) is -0.384. The highest BCUT2D eigenvalue weighted by Crippen LogP contribution is 2.20. The van der Waals surface area contributed by atoms with Crippen LogP contribution < -0.4 is 5.32 Å². The van der Waals surface area contributed by atoms with Gasteiger partial charge in [-0.3, -0.25) is 4.79 Å². The fourth-order valence-electron chi connectivity index (χ4n) is 2.15. The Hall–Kier alpha value is -1.70. The Morgan fingerprint density at radius 3 is 2.54 bits per heavy atom. The van der Waals surface area contributed by atoms with Gasteiger partial charge in [-0.2, -0.15) is 4.31 Å². The van der Waals surface area contributed by atoms with E-state index in [0.29, 0.717) is 10.2 Å². The van der Waals surface area contributed by atoms with Crippen molar-refractivity contribution in [3.8, 4) is 0 Å². The van der Waals surface area contributed by atoms with Crippen molar-refractivity contribution in [2.24, 2.45) is 0 Å². The Balaban J connectivity index is 2.12. The van der Waals surface area contributed by atoms with Gasteiger partial charge in [-0.05, 0) is 49.2 Å². The monoisotopic (exact) mass is 410 g/mol. The van der Waals surface area contributed by atoms with Gasteiger partial charge in [-0.15, -0.1) is 0 Å². The van der Waals surface area contributed by atoms with Gasteiger partial charge in [-0.1, -0.05) is 34.1 Å². The van der Waals surface area contributed by atoms with Crippen LogP contribution in [0.3, 0.4) is 0 Å². The van der Waals surface area contributed by atoms with Gasteiger partial charge in [0.05, 0.1) is 11.4 Å². The fourth-order valence-corrected chi connectivity index (χ4v) is 3.88. The second-order valence-electron chi connectivity index (χ2n) is 5.59. The molecule has 0 saturated heterocycles. The normalized spacial score (nSPS) is 11.5. The van der Waals surface area contributed by atoms with Gasteiger partial charge in [0, 0.05) is 17.2 Å². The number of carbonyl (C=O) groups is 1. The van der Waals surface area contributed by atoms with Crippen molar-refractivity contribution in [2.75, 3.05) is 18.9 Å². The summed E-state index contributed by atoms with van der Waals surface area (Å²) in [6.07, 6.45) is 0. The van der Waals surface area contributed by atoms with Crippen molar-refractivity contribution >= 4 is 37.5 Å². The topological polar surface area (TPSA) is 66.5 Å². The zero-order valence-corrected chi connectivity index (χ0v) is 16.1. The zero-order valence-electron chi connectivity index (χ0n) is 13.7. The third-order valence-electron chi connectivity index (χ3n) is 3.54. The maximum atomic E-state index is 12.5. The Bertz CT molecular complexity index is 866. The molecule has 5 nitrogen and oxygen atoms in total. The van der Waals surface area contributed by atoms with Crippen LogP contribution in [-0.4, -0.2) is 32.2 Å². The van der Waals surface area contributed by atoms with Crippen LogP contribution in [0.1, 0.15) is 11.1 Å². The van der Waals surface area contributed by atoms with E-state index in [1.165, 1.54) is 19.2 Å². The molecule has 2 rings (SSSR count). The lowest BCUT2D eigenvalue weighted by Crippen LogP contribution is -2.35. The molecule has 0 aromatic heterocycles. The minimum Gasteiger partial charge on any atom is -0.325 e. The van der Waals surface area contributed by atoms with Crippen molar-refractivity contribution in [3.63, 3.8) is 0 Å². The quantitative estimate of drug-likeness (QED) is 0.821. The number of aryl methyl sites for hydroxylation is 2. The van der Waals surface area contributed by atoms with Gasteiger partial charge in [0.1, 0.15) is 0 Å². The number of rotatable bonds is 5. The summed E-state index contributed by atoms with van der Waals surface area (Å²) in [6.45, 7) is 3.55. The summed E-state index contributed by atoms with van der Waals surface area (Å²) in [5.41, 5.74) is 2.63. The molecule has 2 aromatic rings. The molecule has 0 unspecified atom stereocenters. The number of nitrogens with one attached hydrogen (secondary N) is 1. The SMILES string of the molecule is Cc1ccc(C)c(NC(=O)CN(C)S(=O)(=O)c2cccc(Br)c2)c1. The zero-order chi connectivity index (χ0) is 17.9. The third-order valence-corrected chi connectivity index (χ3v) is 5.83. The maximum absolute atomic E-state index is 12.5. The number of carbonyl (C=O) groups excluding carboxylic acids is 1. The first-order chi connectivity index (χ1) is 11.2. The minimum absolute atomic E-state index is 0.138. The van der Waals surface area contributed by atoms with Gasteiger partial charge in [-0.25, -0.2) is 8.42 Å². The van der Waals surface area contributed by atoms with Gasteiger partial charge in [0.25, 0.3) is 0 Å². The van der Waals surface area contributed by atoms with E-state index in [0.717, 1.165) is 15.4 Å². The highest BCUT2D eigenvalue weighted by molar-refractivity contribution is 9.10. The van der Waals surface area contributed by atoms with Crippen LogP contribution in [0.15, 0.2) is 51.8 Å². The number of hydrogen-bond donors (Lipinski definition) is 1. The van der Waals surface area contributed by atoms with Crippen molar-refractivity contribution in [3.05, 3.63) is 58.1 Å². The molecule has 0 fully saturated rings. The first-order valence-corrected chi connectivity index (χ1v) is 9.52. The van der Waals surface area contributed by atoms with Gasteiger partial charge < -0.3 is 5.32 Å². The van der Waals surface area contributed by atoms with Crippen LogP contribution in [0, 0.1) is 13.8 Å². The number of halogens is 1. The molecule has 0 radical (unpaired) electrons. The first kappa shape index (κ1) is 18.6. The molecule has 7 heteroatoms. The summed E-state index contributed by atoms with van der Waals surface area (Å²) in [6, 6.07) is 12.1. The highest BCUT2D eigenvalue weighted by atomic mass is 79.9. The summed E-state index contributed by atoms with van der Waals surface area (Å²) in [7, 11) is -2.34. The second-order valence-corrected chi connectivity index (χ2v) is 8.55. The Morgan fingerprint density at radius 1 is 1.17 bits per heavy atom. The van der Waals surface area contributed by atoms with Crippen molar-refractivity contribution in [1.82, 2.24) is 4.31 Å². The van der Waals surface area contributed by atoms with E-state index in [4.69, 9.17) is 0 Å². The molecular weight excluding hydrogens is 392 g/mol. The van der Waals surface area contributed by atoms with E-state index >= 15 is 0 Å². The van der Waals surface area contributed by atoms with Crippen molar-refractivity contribution in [2.45, 2.75) is 18.7 Å². The molecule has 24 heavy (non-hydrogen) atoms. The number of benzene rings is 2. The van der Waals surface area contributed by atoms with Crippen LogP contribution in [0.4, 0.5) is 5.69 Å². The molecule has 0 aliphatic heterocycles. The van der Waals surface area contributed by atoms with E-state index in [1.807, 2.05) is 32.0 Å². The van der Waals surface area contributed by atoms with Crippen molar-refractivity contribution in [1.29, 1.82) is 0 Å². The van der Waals surface area contributed by atoms with Crippen LogP contribution in [0.5, 0.6) is 0 Å². The smallest absolute Gasteiger partial charge is 0.243 e. The van der Waals surface area contributed by atoms with Crippen LogP contribution in [-0.2, 0) is 14.8 Å². The van der Waals surface area contributed by atoms with E-state index in [1.54, 1.807) is 12.1 Å². The molecular formula is C17H19BrN2O3S. The largest absolute Gasteiger partial charge is 0.325 e. The van der Waals surface area contributed by atoms with Crippen LogP contribution >= 0.6 is 15.9 Å². The fraction of sp³-hybridized carbons (Fsp3) is 0.235. The van der Waals surface area contributed by atoms with E-state index in [2.05, 4.69) is 21.2 Å².